The number of carboxylic acid groups (broad SMARTS) is 1. The van der Waals surface area contributed by atoms with Crippen LogP contribution in [0.5, 0.6) is 0 Å². The van der Waals surface area contributed by atoms with Gasteiger partial charge in [-0.2, -0.15) is 0 Å². The number of nitrogen functional groups attached to an aromatic ring is 1. The predicted octanol–water partition coefficient (Wildman–Crippen LogP) is 1.54. The van der Waals surface area contributed by atoms with Crippen molar-refractivity contribution in [3.63, 3.8) is 0 Å². The van der Waals surface area contributed by atoms with E-state index in [2.05, 4.69) is 4.98 Å². The second-order valence-corrected chi connectivity index (χ2v) is 3.06. The quantitative estimate of drug-likeness (QED) is 0.803. The number of aromatic nitrogens is 1. The Morgan fingerprint density at radius 3 is 2.73 bits per heavy atom. The van der Waals surface area contributed by atoms with Gasteiger partial charge in [-0.15, -0.1) is 0 Å². The molecule has 0 fully saturated rings. The lowest BCUT2D eigenvalue weighted by molar-refractivity contribution is -0.136. The molecule has 1 aromatic rings. The van der Waals surface area contributed by atoms with Gasteiger partial charge in [-0.05, 0) is 12.5 Å². The molecule has 1 heterocycles. The van der Waals surface area contributed by atoms with Crippen LogP contribution >= 0.6 is 0 Å². The van der Waals surface area contributed by atoms with E-state index in [4.69, 9.17) is 10.8 Å². The van der Waals surface area contributed by atoms with Crippen LogP contribution in [0.1, 0.15) is 23.2 Å². The molecular weight excluding hydrogens is 206 g/mol. The highest BCUT2D eigenvalue weighted by Gasteiger charge is 2.19. The Balaban J connectivity index is 3.28. The number of halogens is 2. The molecule has 0 aliphatic carbocycles. The standard InChI is InChI=1S/C9H10F2N2O2/c1-4-8(12)5(2-7(14)15)6(3-13-4)9(10)11/h3,9H,2,12H2,1H3,(H,14,15). The summed E-state index contributed by atoms with van der Waals surface area (Å²) in [6.45, 7) is 1.54. The smallest absolute Gasteiger partial charge is 0.307 e. The summed E-state index contributed by atoms with van der Waals surface area (Å²) >= 11 is 0. The van der Waals surface area contributed by atoms with Crippen LogP contribution in [-0.2, 0) is 11.2 Å². The van der Waals surface area contributed by atoms with Crippen LogP contribution in [0.25, 0.3) is 0 Å². The number of hydrogen-bond donors (Lipinski definition) is 2. The number of carbonyl (C=O) groups is 1. The minimum absolute atomic E-state index is 0.0233. The molecule has 0 aliphatic rings. The zero-order chi connectivity index (χ0) is 11.6. The number of aliphatic carboxylic acids is 1. The fourth-order valence-corrected chi connectivity index (χ4v) is 1.22. The Hall–Kier alpha value is -1.72. The van der Waals surface area contributed by atoms with E-state index in [9.17, 15) is 13.6 Å². The molecule has 82 valence electrons. The normalized spacial score (nSPS) is 10.7. The van der Waals surface area contributed by atoms with Crippen LogP contribution in [0.4, 0.5) is 14.5 Å². The molecule has 0 radical (unpaired) electrons. The number of pyridine rings is 1. The lowest BCUT2D eigenvalue weighted by Crippen LogP contribution is -2.10. The summed E-state index contributed by atoms with van der Waals surface area (Å²) in [6, 6.07) is 0. The molecule has 0 bridgehead atoms. The SMILES string of the molecule is Cc1ncc(C(F)F)c(CC(=O)O)c1N. The van der Waals surface area contributed by atoms with E-state index in [0.717, 1.165) is 6.20 Å². The van der Waals surface area contributed by atoms with Gasteiger partial charge in [0.2, 0.25) is 0 Å². The van der Waals surface area contributed by atoms with Gasteiger partial charge in [-0.25, -0.2) is 8.78 Å². The van der Waals surface area contributed by atoms with Gasteiger partial charge in [0.15, 0.2) is 0 Å². The van der Waals surface area contributed by atoms with Gasteiger partial charge < -0.3 is 10.8 Å². The third-order valence-corrected chi connectivity index (χ3v) is 2.02. The van der Waals surface area contributed by atoms with Crippen LogP contribution in [0.3, 0.4) is 0 Å². The van der Waals surface area contributed by atoms with Crippen molar-refractivity contribution in [2.45, 2.75) is 19.8 Å². The maximum atomic E-state index is 12.5. The molecule has 1 aromatic heterocycles. The second kappa shape index (κ2) is 4.20. The number of nitrogens with two attached hydrogens (primary N) is 1. The number of carboxylic acids is 1. The number of alkyl halides is 2. The molecule has 4 nitrogen and oxygen atoms in total. The van der Waals surface area contributed by atoms with Crippen LogP contribution in [-0.4, -0.2) is 16.1 Å². The van der Waals surface area contributed by atoms with Crippen molar-refractivity contribution in [2.24, 2.45) is 0 Å². The van der Waals surface area contributed by atoms with Crippen LogP contribution in [0.2, 0.25) is 0 Å². The molecule has 0 saturated heterocycles. The third-order valence-electron chi connectivity index (χ3n) is 2.02. The van der Waals surface area contributed by atoms with E-state index in [1.165, 1.54) is 6.92 Å². The number of aryl methyl sites for hydroxylation is 1. The first-order valence-electron chi connectivity index (χ1n) is 4.17. The summed E-state index contributed by atoms with van der Waals surface area (Å²) in [5.74, 6) is -1.20. The Bertz CT molecular complexity index is 394. The van der Waals surface area contributed by atoms with Gasteiger partial charge in [0.05, 0.1) is 17.8 Å². The molecule has 0 aliphatic heterocycles. The average Bonchev–Trinajstić information content (AvgIpc) is 2.12. The fourth-order valence-electron chi connectivity index (χ4n) is 1.22. The number of nitrogens with zero attached hydrogens (tertiary/aromatic N) is 1. The molecule has 1 rings (SSSR count). The molecule has 0 spiro atoms. The summed E-state index contributed by atoms with van der Waals surface area (Å²) in [5.41, 5.74) is 5.42. The molecule has 6 heteroatoms. The largest absolute Gasteiger partial charge is 0.481 e. The molecule has 0 unspecified atom stereocenters. The number of anilines is 1. The van der Waals surface area contributed by atoms with E-state index < -0.39 is 24.4 Å². The van der Waals surface area contributed by atoms with E-state index in [1.807, 2.05) is 0 Å². The topological polar surface area (TPSA) is 76.2 Å². The van der Waals surface area contributed by atoms with Crippen molar-refractivity contribution >= 4 is 11.7 Å². The van der Waals surface area contributed by atoms with Gasteiger partial charge in [0.25, 0.3) is 6.43 Å². The van der Waals surface area contributed by atoms with E-state index in [0.29, 0.717) is 5.69 Å². The van der Waals surface area contributed by atoms with Crippen molar-refractivity contribution in [3.8, 4) is 0 Å². The van der Waals surface area contributed by atoms with Crippen LogP contribution < -0.4 is 5.73 Å². The minimum atomic E-state index is -2.77. The van der Waals surface area contributed by atoms with Crippen LogP contribution in [0, 0.1) is 6.92 Å². The molecule has 0 atom stereocenters. The second-order valence-electron chi connectivity index (χ2n) is 3.06. The van der Waals surface area contributed by atoms with E-state index in [-0.39, 0.29) is 11.3 Å². The first-order chi connectivity index (χ1) is 6.93. The first-order valence-corrected chi connectivity index (χ1v) is 4.17. The molecule has 0 saturated carbocycles. The van der Waals surface area contributed by atoms with Crippen molar-refractivity contribution in [3.05, 3.63) is 23.0 Å². The molecule has 0 aromatic carbocycles. The van der Waals surface area contributed by atoms with Crippen molar-refractivity contribution in [1.29, 1.82) is 0 Å². The summed E-state index contributed by atoms with van der Waals surface area (Å²) in [5, 5.41) is 8.57. The van der Waals surface area contributed by atoms with Crippen molar-refractivity contribution in [2.75, 3.05) is 5.73 Å². The van der Waals surface area contributed by atoms with E-state index >= 15 is 0 Å². The van der Waals surface area contributed by atoms with Gasteiger partial charge in [0, 0.05) is 11.8 Å². The average molecular weight is 216 g/mol. The zero-order valence-electron chi connectivity index (χ0n) is 8.00. The number of hydrogen-bond acceptors (Lipinski definition) is 3. The summed E-state index contributed by atoms with van der Waals surface area (Å²) in [4.78, 5) is 14.2. The molecule has 0 amide bonds. The fraction of sp³-hybridized carbons (Fsp3) is 0.333. The Kier molecular flexibility index (Phi) is 3.18. The highest BCUT2D eigenvalue weighted by Crippen LogP contribution is 2.28. The molecular formula is C9H10F2N2O2. The molecule has 15 heavy (non-hydrogen) atoms. The Morgan fingerprint density at radius 1 is 1.67 bits per heavy atom. The lowest BCUT2D eigenvalue weighted by Gasteiger charge is -2.11. The van der Waals surface area contributed by atoms with Crippen molar-refractivity contribution < 1.29 is 18.7 Å². The van der Waals surface area contributed by atoms with Crippen LogP contribution in [0.15, 0.2) is 6.20 Å². The van der Waals surface area contributed by atoms with Gasteiger partial charge in [0.1, 0.15) is 0 Å². The maximum absolute atomic E-state index is 12.5. The van der Waals surface area contributed by atoms with E-state index in [1.54, 1.807) is 0 Å². The first kappa shape index (κ1) is 11.4. The highest BCUT2D eigenvalue weighted by molar-refractivity contribution is 5.74. The number of rotatable bonds is 3. The third kappa shape index (κ3) is 2.39. The maximum Gasteiger partial charge on any atom is 0.307 e. The summed E-state index contributed by atoms with van der Waals surface area (Å²) in [7, 11) is 0. The van der Waals surface area contributed by atoms with Gasteiger partial charge in [-0.3, -0.25) is 9.78 Å². The minimum Gasteiger partial charge on any atom is -0.481 e. The Morgan fingerprint density at radius 2 is 2.27 bits per heavy atom. The molecule has 3 N–H and O–H groups in total. The van der Waals surface area contributed by atoms with Gasteiger partial charge in [-0.1, -0.05) is 0 Å². The zero-order valence-corrected chi connectivity index (χ0v) is 8.00. The monoisotopic (exact) mass is 216 g/mol. The summed E-state index contributed by atoms with van der Waals surface area (Å²) < 4.78 is 25.0. The lowest BCUT2D eigenvalue weighted by atomic mass is 10.0. The Labute approximate surface area is 84.7 Å². The van der Waals surface area contributed by atoms with Crippen molar-refractivity contribution in [1.82, 2.24) is 4.98 Å². The highest BCUT2D eigenvalue weighted by atomic mass is 19.3. The predicted molar refractivity (Wildman–Crippen MR) is 49.7 cm³/mol. The summed E-state index contributed by atoms with van der Waals surface area (Å²) in [6.07, 6.45) is -2.32. The van der Waals surface area contributed by atoms with Gasteiger partial charge >= 0.3 is 5.97 Å².